The van der Waals surface area contributed by atoms with E-state index in [0.717, 1.165) is 25.7 Å². The molecular formula is C18H24F3N3O3. The van der Waals surface area contributed by atoms with Crippen LogP contribution in [0.15, 0.2) is 29.3 Å². The number of guanidine groups is 1. The Hall–Kier alpha value is -2.00. The molecule has 0 bridgehead atoms. The number of para-hydroxylation sites is 2. The van der Waals surface area contributed by atoms with Crippen LogP contribution in [0.1, 0.15) is 25.7 Å². The summed E-state index contributed by atoms with van der Waals surface area (Å²) in [4.78, 5) is 4.22. The molecule has 1 saturated heterocycles. The Bertz CT molecular complexity index is 675. The van der Waals surface area contributed by atoms with E-state index in [0.29, 0.717) is 19.8 Å². The van der Waals surface area contributed by atoms with Crippen LogP contribution in [-0.4, -0.2) is 43.3 Å². The van der Waals surface area contributed by atoms with Gasteiger partial charge in [-0.2, -0.15) is 0 Å². The van der Waals surface area contributed by atoms with Gasteiger partial charge in [0.1, 0.15) is 0 Å². The lowest BCUT2D eigenvalue weighted by atomic mass is 9.76. The third kappa shape index (κ3) is 4.84. The molecule has 0 aromatic heterocycles. The summed E-state index contributed by atoms with van der Waals surface area (Å²) in [6, 6.07) is 5.61. The number of alkyl halides is 3. The standard InChI is InChI=1S/C18H24F3N3O3/c19-18(20,21)27-14-4-2-1-3-13(14)24-16(22)23-11-12-5-6-17(15(12)25)7-9-26-10-8-17/h1-4,12,15,25H,5-11H2,(H3,22,23,24). The molecule has 1 aromatic carbocycles. The van der Waals surface area contributed by atoms with Crippen LogP contribution in [0.3, 0.4) is 0 Å². The number of benzene rings is 1. The highest BCUT2D eigenvalue weighted by Gasteiger charge is 2.48. The molecule has 9 heteroatoms. The predicted molar refractivity (Wildman–Crippen MR) is 94.5 cm³/mol. The maximum absolute atomic E-state index is 12.5. The van der Waals surface area contributed by atoms with Gasteiger partial charge in [-0.3, -0.25) is 4.99 Å². The molecule has 0 amide bonds. The Morgan fingerprint density at radius 2 is 2.00 bits per heavy atom. The number of nitrogens with zero attached hydrogens (tertiary/aromatic N) is 1. The molecule has 150 valence electrons. The SMILES string of the molecule is NC(=NCC1CCC2(CCOCC2)C1O)Nc1ccccc1OC(F)(F)F. The van der Waals surface area contributed by atoms with Crippen molar-refractivity contribution < 1.29 is 27.8 Å². The van der Waals surface area contributed by atoms with Crippen LogP contribution in [0.2, 0.25) is 0 Å². The first-order valence-electron chi connectivity index (χ1n) is 8.97. The fraction of sp³-hybridized carbons (Fsp3) is 0.611. The van der Waals surface area contributed by atoms with Crippen molar-refractivity contribution in [2.24, 2.45) is 22.1 Å². The topological polar surface area (TPSA) is 89.1 Å². The number of ether oxygens (including phenoxy) is 2. The first-order valence-corrected chi connectivity index (χ1v) is 8.97. The number of nitrogens with one attached hydrogen (secondary N) is 1. The quantitative estimate of drug-likeness (QED) is 0.546. The second kappa shape index (κ2) is 7.93. The van der Waals surface area contributed by atoms with Gasteiger partial charge < -0.3 is 25.6 Å². The lowest BCUT2D eigenvalue weighted by Gasteiger charge is -2.37. The molecule has 4 N–H and O–H groups in total. The molecule has 2 atom stereocenters. The normalized spacial score (nSPS) is 25.6. The molecule has 27 heavy (non-hydrogen) atoms. The Morgan fingerprint density at radius 1 is 1.30 bits per heavy atom. The Balaban J connectivity index is 1.61. The molecule has 1 heterocycles. The van der Waals surface area contributed by atoms with Gasteiger partial charge in [0.15, 0.2) is 11.7 Å². The lowest BCUT2D eigenvalue weighted by Crippen LogP contribution is -2.39. The largest absolute Gasteiger partial charge is 0.573 e. The van der Waals surface area contributed by atoms with Gasteiger partial charge in [0.05, 0.1) is 11.8 Å². The summed E-state index contributed by atoms with van der Waals surface area (Å²) in [6.45, 7) is 1.63. The minimum atomic E-state index is -4.80. The van der Waals surface area contributed by atoms with Gasteiger partial charge in [0.25, 0.3) is 0 Å². The molecule has 1 spiro atoms. The monoisotopic (exact) mass is 387 g/mol. The van der Waals surface area contributed by atoms with Crippen LogP contribution in [0.4, 0.5) is 18.9 Å². The van der Waals surface area contributed by atoms with E-state index in [4.69, 9.17) is 10.5 Å². The fourth-order valence-corrected chi connectivity index (χ4v) is 3.97. The zero-order valence-electron chi connectivity index (χ0n) is 14.8. The summed E-state index contributed by atoms with van der Waals surface area (Å²) in [6.07, 6.45) is -1.83. The van der Waals surface area contributed by atoms with Crippen molar-refractivity contribution in [3.8, 4) is 5.75 Å². The van der Waals surface area contributed by atoms with Crippen LogP contribution in [0.25, 0.3) is 0 Å². The van der Waals surface area contributed by atoms with E-state index < -0.39 is 12.5 Å². The minimum Gasteiger partial charge on any atom is -0.404 e. The lowest BCUT2D eigenvalue weighted by molar-refractivity contribution is -0.274. The van der Waals surface area contributed by atoms with Crippen molar-refractivity contribution in [3.05, 3.63) is 24.3 Å². The van der Waals surface area contributed by atoms with Crippen molar-refractivity contribution in [3.63, 3.8) is 0 Å². The van der Waals surface area contributed by atoms with Gasteiger partial charge in [-0.05, 0) is 37.8 Å². The fourth-order valence-electron chi connectivity index (χ4n) is 3.97. The van der Waals surface area contributed by atoms with Crippen LogP contribution >= 0.6 is 0 Å². The molecular weight excluding hydrogens is 363 g/mol. The highest BCUT2D eigenvalue weighted by atomic mass is 19.4. The van der Waals surface area contributed by atoms with Crippen molar-refractivity contribution in [1.29, 1.82) is 0 Å². The zero-order chi connectivity index (χ0) is 19.5. The van der Waals surface area contributed by atoms with Gasteiger partial charge in [-0.15, -0.1) is 13.2 Å². The molecule has 2 aliphatic rings. The molecule has 0 radical (unpaired) electrons. The summed E-state index contributed by atoms with van der Waals surface area (Å²) in [5.74, 6) is -0.427. The highest BCUT2D eigenvalue weighted by molar-refractivity contribution is 5.93. The Kier molecular flexibility index (Phi) is 5.81. The number of anilines is 1. The van der Waals surface area contributed by atoms with E-state index in [1.807, 2.05) is 0 Å². The van der Waals surface area contributed by atoms with Crippen LogP contribution in [0.5, 0.6) is 5.75 Å². The number of halogens is 3. The summed E-state index contributed by atoms with van der Waals surface area (Å²) in [7, 11) is 0. The number of hydrogen-bond acceptors (Lipinski definition) is 4. The van der Waals surface area contributed by atoms with Gasteiger partial charge in [0.2, 0.25) is 0 Å². The van der Waals surface area contributed by atoms with E-state index >= 15 is 0 Å². The Morgan fingerprint density at radius 3 is 2.70 bits per heavy atom. The summed E-state index contributed by atoms with van der Waals surface area (Å²) in [5, 5.41) is 13.4. The van der Waals surface area contributed by atoms with E-state index in [-0.39, 0.29) is 28.7 Å². The molecule has 1 aliphatic carbocycles. The molecule has 2 unspecified atom stereocenters. The molecule has 6 nitrogen and oxygen atoms in total. The average molecular weight is 387 g/mol. The van der Waals surface area contributed by atoms with Crippen molar-refractivity contribution >= 4 is 11.6 Å². The van der Waals surface area contributed by atoms with E-state index in [1.54, 1.807) is 6.07 Å². The number of aliphatic hydroxyl groups excluding tert-OH is 1. The van der Waals surface area contributed by atoms with Gasteiger partial charge >= 0.3 is 6.36 Å². The Labute approximate surface area is 155 Å². The van der Waals surface area contributed by atoms with Crippen molar-refractivity contribution in [2.75, 3.05) is 25.1 Å². The highest BCUT2D eigenvalue weighted by Crippen LogP contribution is 2.48. The molecule has 1 saturated carbocycles. The van der Waals surface area contributed by atoms with Crippen molar-refractivity contribution in [1.82, 2.24) is 0 Å². The van der Waals surface area contributed by atoms with E-state index in [2.05, 4.69) is 15.0 Å². The van der Waals surface area contributed by atoms with E-state index in [9.17, 15) is 18.3 Å². The number of rotatable bonds is 4. The number of hydrogen-bond donors (Lipinski definition) is 3. The summed E-state index contributed by atoms with van der Waals surface area (Å²) in [5.41, 5.74) is 5.80. The molecule has 1 aromatic rings. The zero-order valence-corrected chi connectivity index (χ0v) is 14.8. The molecule has 3 rings (SSSR count). The minimum absolute atomic E-state index is 0.0200. The van der Waals surface area contributed by atoms with Gasteiger partial charge in [-0.1, -0.05) is 12.1 Å². The number of aliphatic imine (C=N–C) groups is 1. The predicted octanol–water partition coefficient (Wildman–Crippen LogP) is 2.88. The summed E-state index contributed by atoms with van der Waals surface area (Å²) >= 11 is 0. The maximum atomic E-state index is 12.5. The van der Waals surface area contributed by atoms with Gasteiger partial charge in [-0.25, -0.2) is 0 Å². The number of aliphatic hydroxyl groups is 1. The number of nitrogens with two attached hydrogens (primary N) is 1. The third-order valence-electron chi connectivity index (χ3n) is 5.45. The van der Waals surface area contributed by atoms with Crippen molar-refractivity contribution in [2.45, 2.75) is 38.1 Å². The van der Waals surface area contributed by atoms with Gasteiger partial charge in [0, 0.05) is 31.1 Å². The third-order valence-corrected chi connectivity index (χ3v) is 5.45. The average Bonchev–Trinajstić information content (AvgIpc) is 2.90. The second-order valence-corrected chi connectivity index (χ2v) is 7.11. The van der Waals surface area contributed by atoms with Crippen LogP contribution < -0.4 is 15.8 Å². The summed E-state index contributed by atoms with van der Waals surface area (Å²) < 4.78 is 46.8. The van der Waals surface area contributed by atoms with Crippen LogP contribution in [-0.2, 0) is 4.74 Å². The first kappa shape index (κ1) is 19.8. The van der Waals surface area contributed by atoms with E-state index in [1.165, 1.54) is 18.2 Å². The first-order chi connectivity index (χ1) is 12.8. The molecule has 1 aliphatic heterocycles. The maximum Gasteiger partial charge on any atom is 0.573 e. The smallest absolute Gasteiger partial charge is 0.404 e. The van der Waals surface area contributed by atoms with Crippen LogP contribution in [0, 0.1) is 11.3 Å². The second-order valence-electron chi connectivity index (χ2n) is 7.11. The molecule has 2 fully saturated rings.